The Morgan fingerprint density at radius 3 is 2.93 bits per heavy atom. The molecule has 2 heteroatoms. The van der Waals surface area contributed by atoms with Crippen molar-refractivity contribution in [3.63, 3.8) is 0 Å². The highest BCUT2D eigenvalue weighted by Crippen LogP contribution is 2.42. The van der Waals surface area contributed by atoms with Crippen LogP contribution in [-0.4, -0.2) is 6.54 Å². The second-order valence-corrected chi connectivity index (χ2v) is 4.76. The van der Waals surface area contributed by atoms with Crippen molar-refractivity contribution in [2.45, 2.75) is 26.2 Å². The highest BCUT2D eigenvalue weighted by Gasteiger charge is 2.32. The molecule has 2 rings (SSSR count). The van der Waals surface area contributed by atoms with Crippen molar-refractivity contribution >= 4 is 0 Å². The quantitative estimate of drug-likeness (QED) is 0.792. The van der Waals surface area contributed by atoms with Crippen LogP contribution in [0.3, 0.4) is 0 Å². The zero-order valence-electron chi connectivity index (χ0n) is 9.33. The van der Waals surface area contributed by atoms with Crippen molar-refractivity contribution in [1.82, 2.24) is 0 Å². The van der Waals surface area contributed by atoms with Crippen molar-refractivity contribution in [2.24, 2.45) is 17.6 Å². The fourth-order valence-corrected chi connectivity index (χ4v) is 2.86. The Morgan fingerprint density at radius 2 is 2.27 bits per heavy atom. The Bertz CT molecular complexity index is 358. The summed E-state index contributed by atoms with van der Waals surface area (Å²) in [5.41, 5.74) is 8.20. The van der Waals surface area contributed by atoms with Gasteiger partial charge >= 0.3 is 0 Å². The van der Waals surface area contributed by atoms with Crippen LogP contribution in [0.1, 0.15) is 30.9 Å². The third-order valence-corrected chi connectivity index (χ3v) is 3.61. The number of rotatable bonds is 2. The zero-order valence-corrected chi connectivity index (χ0v) is 9.33. The predicted octanol–water partition coefficient (Wildman–Crippen LogP) is 2.70. The van der Waals surface area contributed by atoms with Gasteiger partial charge in [0.05, 0.1) is 0 Å². The van der Waals surface area contributed by atoms with E-state index in [0.717, 1.165) is 6.42 Å². The average Bonchev–Trinajstić information content (AvgIpc) is 2.52. The van der Waals surface area contributed by atoms with E-state index in [2.05, 4.69) is 13.8 Å². The van der Waals surface area contributed by atoms with Crippen LogP contribution in [0.2, 0.25) is 0 Å². The summed E-state index contributed by atoms with van der Waals surface area (Å²) >= 11 is 0. The number of hydrogen-bond donors (Lipinski definition) is 1. The fourth-order valence-electron chi connectivity index (χ4n) is 2.86. The topological polar surface area (TPSA) is 26.0 Å². The summed E-state index contributed by atoms with van der Waals surface area (Å²) in [7, 11) is 0. The van der Waals surface area contributed by atoms with Gasteiger partial charge in [0, 0.05) is 0 Å². The van der Waals surface area contributed by atoms with Crippen LogP contribution >= 0.6 is 0 Å². The molecule has 1 aliphatic carbocycles. The van der Waals surface area contributed by atoms with Gasteiger partial charge in [0.2, 0.25) is 0 Å². The van der Waals surface area contributed by atoms with Gasteiger partial charge in [0.15, 0.2) is 0 Å². The molecule has 1 nitrogen and oxygen atoms in total. The molecule has 3 atom stereocenters. The van der Waals surface area contributed by atoms with Crippen molar-refractivity contribution < 1.29 is 4.39 Å². The van der Waals surface area contributed by atoms with E-state index in [9.17, 15) is 4.39 Å². The first-order valence-electron chi connectivity index (χ1n) is 5.62. The van der Waals surface area contributed by atoms with Crippen molar-refractivity contribution in [3.05, 3.63) is 35.1 Å². The summed E-state index contributed by atoms with van der Waals surface area (Å²) in [5, 5.41) is 0. The fraction of sp³-hybridized carbons (Fsp3) is 0.538. The van der Waals surface area contributed by atoms with Crippen LogP contribution in [0.15, 0.2) is 18.2 Å². The summed E-state index contributed by atoms with van der Waals surface area (Å²) in [6.07, 6.45) is 1.06. The molecule has 82 valence electrons. The molecule has 0 heterocycles. The Kier molecular flexibility index (Phi) is 2.79. The molecule has 0 saturated heterocycles. The molecule has 0 aromatic heterocycles. The maximum Gasteiger partial charge on any atom is 0.123 e. The monoisotopic (exact) mass is 207 g/mol. The van der Waals surface area contributed by atoms with Crippen LogP contribution < -0.4 is 5.73 Å². The molecular formula is C13H18FN. The van der Waals surface area contributed by atoms with Gasteiger partial charge < -0.3 is 5.73 Å². The number of fused-ring (bicyclic) bond motifs is 1. The second kappa shape index (κ2) is 3.93. The average molecular weight is 207 g/mol. The molecule has 3 unspecified atom stereocenters. The first kappa shape index (κ1) is 10.6. The van der Waals surface area contributed by atoms with E-state index in [4.69, 9.17) is 5.73 Å². The number of nitrogens with two attached hydrogens (primary N) is 1. The molecule has 1 aromatic carbocycles. The lowest BCUT2D eigenvalue weighted by atomic mass is 9.83. The third-order valence-electron chi connectivity index (χ3n) is 3.61. The van der Waals surface area contributed by atoms with E-state index in [0.29, 0.717) is 24.3 Å². The van der Waals surface area contributed by atoms with Crippen LogP contribution in [0.4, 0.5) is 4.39 Å². The van der Waals surface area contributed by atoms with Gasteiger partial charge in [-0.2, -0.15) is 0 Å². The summed E-state index contributed by atoms with van der Waals surface area (Å²) < 4.78 is 13.2. The van der Waals surface area contributed by atoms with E-state index < -0.39 is 0 Å². The SMILES string of the molecule is CC(CN)C1c2cc(F)ccc2CC1C. The van der Waals surface area contributed by atoms with Crippen molar-refractivity contribution in [2.75, 3.05) is 6.54 Å². The molecule has 15 heavy (non-hydrogen) atoms. The zero-order chi connectivity index (χ0) is 11.0. The van der Waals surface area contributed by atoms with Crippen LogP contribution in [0.5, 0.6) is 0 Å². The Labute approximate surface area is 90.5 Å². The predicted molar refractivity (Wildman–Crippen MR) is 60.2 cm³/mol. The van der Waals surface area contributed by atoms with Crippen molar-refractivity contribution in [1.29, 1.82) is 0 Å². The molecular weight excluding hydrogens is 189 g/mol. The van der Waals surface area contributed by atoms with Crippen LogP contribution in [-0.2, 0) is 6.42 Å². The summed E-state index contributed by atoms with van der Waals surface area (Å²) in [4.78, 5) is 0. The molecule has 0 spiro atoms. The maximum atomic E-state index is 13.2. The van der Waals surface area contributed by atoms with Gasteiger partial charge in [-0.3, -0.25) is 0 Å². The second-order valence-electron chi connectivity index (χ2n) is 4.76. The smallest absolute Gasteiger partial charge is 0.123 e. The summed E-state index contributed by atoms with van der Waals surface area (Å²) in [6.45, 7) is 5.06. The molecule has 0 bridgehead atoms. The van der Waals surface area contributed by atoms with Gasteiger partial charge in [0.1, 0.15) is 5.82 Å². The minimum absolute atomic E-state index is 0.128. The summed E-state index contributed by atoms with van der Waals surface area (Å²) in [5.74, 6) is 1.32. The van der Waals surface area contributed by atoms with E-state index in [1.165, 1.54) is 11.1 Å². The van der Waals surface area contributed by atoms with Gasteiger partial charge in [0.25, 0.3) is 0 Å². The van der Waals surface area contributed by atoms with Crippen LogP contribution in [0.25, 0.3) is 0 Å². The highest BCUT2D eigenvalue weighted by molar-refractivity contribution is 5.37. The first-order chi connectivity index (χ1) is 7.13. The number of benzene rings is 1. The molecule has 0 radical (unpaired) electrons. The van der Waals surface area contributed by atoms with E-state index >= 15 is 0 Å². The number of halogens is 1. The lowest BCUT2D eigenvalue weighted by Crippen LogP contribution is -2.21. The molecule has 0 amide bonds. The molecule has 1 aromatic rings. The molecule has 2 N–H and O–H groups in total. The van der Waals surface area contributed by atoms with E-state index in [1.807, 2.05) is 6.07 Å². The van der Waals surface area contributed by atoms with Gasteiger partial charge in [-0.05, 0) is 54.0 Å². The molecule has 0 fully saturated rings. The Morgan fingerprint density at radius 1 is 1.53 bits per heavy atom. The molecule has 1 aliphatic rings. The third kappa shape index (κ3) is 1.78. The van der Waals surface area contributed by atoms with Gasteiger partial charge in [-0.25, -0.2) is 4.39 Å². The minimum atomic E-state index is -0.128. The van der Waals surface area contributed by atoms with Crippen LogP contribution in [0, 0.1) is 17.7 Å². The van der Waals surface area contributed by atoms with E-state index in [-0.39, 0.29) is 5.82 Å². The lowest BCUT2D eigenvalue weighted by Gasteiger charge is -2.23. The Hall–Kier alpha value is -0.890. The first-order valence-corrected chi connectivity index (χ1v) is 5.62. The standard InChI is InChI=1S/C13H18FN/c1-8-5-10-3-4-11(14)6-12(10)13(8)9(2)7-15/h3-4,6,8-9,13H,5,7,15H2,1-2H3. The van der Waals surface area contributed by atoms with Crippen molar-refractivity contribution in [3.8, 4) is 0 Å². The molecule has 0 saturated carbocycles. The normalized spacial score (nSPS) is 26.4. The van der Waals surface area contributed by atoms with Gasteiger partial charge in [-0.1, -0.05) is 19.9 Å². The van der Waals surface area contributed by atoms with E-state index in [1.54, 1.807) is 12.1 Å². The Balaban J connectivity index is 2.39. The maximum absolute atomic E-state index is 13.2. The highest BCUT2D eigenvalue weighted by atomic mass is 19.1. The number of hydrogen-bond acceptors (Lipinski definition) is 1. The molecule has 0 aliphatic heterocycles. The largest absolute Gasteiger partial charge is 0.330 e. The minimum Gasteiger partial charge on any atom is -0.330 e. The van der Waals surface area contributed by atoms with Gasteiger partial charge in [-0.15, -0.1) is 0 Å². The summed E-state index contributed by atoms with van der Waals surface area (Å²) in [6, 6.07) is 5.17. The lowest BCUT2D eigenvalue weighted by molar-refractivity contribution is 0.375.